The number of rotatable bonds is 2. The largest absolute Gasteiger partial charge is 0.337 e. The molecule has 1 spiro atoms. The standard InChI is InChI=1S/C19H22N6O3/c1-11-4-5-14(12(2)10-11)25-22-13(3)15(23-25)16(26)24-8-6-19(7-9-24)17(27)20-18(28)21-19/h4-5,10H,6-9H2,1-3H3,(H2,20,21,27,28). The monoisotopic (exact) mass is 382 g/mol. The number of benzene rings is 1. The Kier molecular flexibility index (Phi) is 4.17. The molecule has 1 aromatic heterocycles. The SMILES string of the molecule is Cc1ccc(-n2nc(C)c(C(=O)N3CCC4(CC3)NC(=O)NC4=O)n2)c(C)c1. The summed E-state index contributed by atoms with van der Waals surface area (Å²) in [5.41, 5.74) is 2.95. The van der Waals surface area contributed by atoms with Gasteiger partial charge in [0.2, 0.25) is 0 Å². The average Bonchev–Trinajstić information content (AvgIpc) is 3.14. The summed E-state index contributed by atoms with van der Waals surface area (Å²) in [6.45, 7) is 6.48. The molecule has 4 amide bonds. The van der Waals surface area contributed by atoms with E-state index in [1.165, 1.54) is 4.80 Å². The van der Waals surface area contributed by atoms with E-state index in [0.717, 1.165) is 16.8 Å². The molecule has 9 nitrogen and oxygen atoms in total. The molecular weight excluding hydrogens is 360 g/mol. The highest BCUT2D eigenvalue weighted by molar-refractivity contribution is 6.07. The maximum atomic E-state index is 13.0. The molecule has 3 heterocycles. The van der Waals surface area contributed by atoms with Crippen LogP contribution in [0.5, 0.6) is 0 Å². The van der Waals surface area contributed by atoms with Gasteiger partial charge in [-0.1, -0.05) is 17.7 Å². The second-order valence-electron chi connectivity index (χ2n) is 7.50. The van der Waals surface area contributed by atoms with Gasteiger partial charge in [0.05, 0.1) is 11.4 Å². The molecule has 2 saturated heterocycles. The fraction of sp³-hybridized carbons (Fsp3) is 0.421. The number of likely N-dealkylation sites (tertiary alicyclic amines) is 1. The van der Waals surface area contributed by atoms with E-state index in [-0.39, 0.29) is 11.8 Å². The van der Waals surface area contributed by atoms with Crippen molar-refractivity contribution in [3.63, 3.8) is 0 Å². The van der Waals surface area contributed by atoms with Gasteiger partial charge in [0.25, 0.3) is 11.8 Å². The van der Waals surface area contributed by atoms with Gasteiger partial charge in [-0.05, 0) is 45.2 Å². The summed E-state index contributed by atoms with van der Waals surface area (Å²) in [4.78, 5) is 39.6. The van der Waals surface area contributed by atoms with Gasteiger partial charge in [0, 0.05) is 13.1 Å². The molecule has 1 aromatic carbocycles. The Hall–Kier alpha value is -3.23. The highest BCUT2D eigenvalue weighted by Gasteiger charge is 2.48. The Bertz CT molecular complexity index is 988. The van der Waals surface area contributed by atoms with E-state index in [0.29, 0.717) is 37.3 Å². The summed E-state index contributed by atoms with van der Waals surface area (Å²) in [5, 5.41) is 13.8. The van der Waals surface area contributed by atoms with Crippen LogP contribution in [0.25, 0.3) is 5.69 Å². The third-order valence-electron chi connectivity index (χ3n) is 5.47. The van der Waals surface area contributed by atoms with E-state index in [9.17, 15) is 14.4 Å². The van der Waals surface area contributed by atoms with Crippen LogP contribution in [0.3, 0.4) is 0 Å². The van der Waals surface area contributed by atoms with Crippen LogP contribution in [0.4, 0.5) is 4.79 Å². The smallest absolute Gasteiger partial charge is 0.322 e. The predicted octanol–water partition coefficient (Wildman–Crippen LogP) is 1.01. The maximum absolute atomic E-state index is 13.0. The Balaban J connectivity index is 1.53. The lowest BCUT2D eigenvalue weighted by Gasteiger charge is -2.36. The second kappa shape index (κ2) is 6.43. The van der Waals surface area contributed by atoms with Gasteiger partial charge >= 0.3 is 6.03 Å². The van der Waals surface area contributed by atoms with Crippen LogP contribution in [0, 0.1) is 20.8 Å². The van der Waals surface area contributed by atoms with Crippen LogP contribution < -0.4 is 10.6 Å². The van der Waals surface area contributed by atoms with Crippen LogP contribution in [0.2, 0.25) is 0 Å². The third-order valence-corrected chi connectivity index (χ3v) is 5.47. The first-order valence-corrected chi connectivity index (χ1v) is 9.23. The summed E-state index contributed by atoms with van der Waals surface area (Å²) < 4.78 is 0. The molecule has 0 aliphatic carbocycles. The number of carbonyl (C=O) groups excluding carboxylic acids is 3. The van der Waals surface area contributed by atoms with Crippen LogP contribution in [0.1, 0.15) is 40.2 Å². The highest BCUT2D eigenvalue weighted by atomic mass is 16.2. The van der Waals surface area contributed by atoms with E-state index in [1.807, 2.05) is 32.0 Å². The number of piperidine rings is 1. The first-order valence-electron chi connectivity index (χ1n) is 9.23. The van der Waals surface area contributed by atoms with E-state index in [4.69, 9.17) is 0 Å². The molecule has 2 fully saturated rings. The third kappa shape index (κ3) is 2.92. The molecule has 2 N–H and O–H groups in total. The van der Waals surface area contributed by atoms with Gasteiger partial charge in [0.15, 0.2) is 5.69 Å². The minimum absolute atomic E-state index is 0.215. The quantitative estimate of drug-likeness (QED) is 0.754. The number of nitrogens with zero attached hydrogens (tertiary/aromatic N) is 4. The number of amides is 4. The van der Waals surface area contributed by atoms with Crippen LogP contribution in [0.15, 0.2) is 18.2 Å². The first-order chi connectivity index (χ1) is 13.3. The van der Waals surface area contributed by atoms with Crippen molar-refractivity contribution >= 4 is 17.8 Å². The molecule has 9 heteroatoms. The van der Waals surface area contributed by atoms with Crippen molar-refractivity contribution in [3.05, 3.63) is 40.7 Å². The molecule has 28 heavy (non-hydrogen) atoms. The second-order valence-corrected chi connectivity index (χ2v) is 7.50. The molecule has 0 bridgehead atoms. The highest BCUT2D eigenvalue weighted by Crippen LogP contribution is 2.26. The van der Waals surface area contributed by atoms with Crippen molar-refractivity contribution in [3.8, 4) is 5.69 Å². The van der Waals surface area contributed by atoms with E-state index < -0.39 is 11.6 Å². The molecule has 0 atom stereocenters. The maximum Gasteiger partial charge on any atom is 0.322 e. The zero-order chi connectivity index (χ0) is 20.1. The summed E-state index contributed by atoms with van der Waals surface area (Å²) in [6.07, 6.45) is 0.751. The van der Waals surface area contributed by atoms with Crippen molar-refractivity contribution in [1.82, 2.24) is 30.5 Å². The summed E-state index contributed by atoms with van der Waals surface area (Å²) in [7, 11) is 0. The van der Waals surface area contributed by atoms with Gasteiger partial charge in [-0.2, -0.15) is 9.90 Å². The van der Waals surface area contributed by atoms with E-state index in [1.54, 1.807) is 11.8 Å². The number of imide groups is 1. The molecule has 146 valence electrons. The number of nitrogens with one attached hydrogen (secondary N) is 2. The van der Waals surface area contributed by atoms with Crippen molar-refractivity contribution in [2.24, 2.45) is 0 Å². The molecule has 0 unspecified atom stereocenters. The molecule has 0 saturated carbocycles. The molecule has 2 aliphatic heterocycles. The van der Waals surface area contributed by atoms with Crippen LogP contribution >= 0.6 is 0 Å². The van der Waals surface area contributed by atoms with Gasteiger partial charge in [0.1, 0.15) is 5.54 Å². The summed E-state index contributed by atoms with van der Waals surface area (Å²) in [6, 6.07) is 5.48. The van der Waals surface area contributed by atoms with Gasteiger partial charge < -0.3 is 10.2 Å². The average molecular weight is 382 g/mol. The zero-order valence-corrected chi connectivity index (χ0v) is 16.1. The predicted molar refractivity (Wildman–Crippen MR) is 100 cm³/mol. The number of aryl methyl sites for hydroxylation is 3. The van der Waals surface area contributed by atoms with Crippen molar-refractivity contribution in [2.75, 3.05) is 13.1 Å². The Morgan fingerprint density at radius 3 is 2.43 bits per heavy atom. The lowest BCUT2D eigenvalue weighted by Crippen LogP contribution is -2.55. The van der Waals surface area contributed by atoms with Crippen molar-refractivity contribution in [2.45, 2.75) is 39.2 Å². The molecule has 2 aliphatic rings. The normalized spacial score (nSPS) is 18.3. The molecular formula is C19H22N6O3. The van der Waals surface area contributed by atoms with Gasteiger partial charge in [-0.3, -0.25) is 14.9 Å². The first kappa shape index (κ1) is 18.1. The lowest BCUT2D eigenvalue weighted by atomic mass is 9.87. The number of hydrogen-bond donors (Lipinski definition) is 2. The Labute approximate surface area is 162 Å². The number of hydrogen-bond acceptors (Lipinski definition) is 5. The summed E-state index contributed by atoms with van der Waals surface area (Å²) >= 11 is 0. The van der Waals surface area contributed by atoms with E-state index >= 15 is 0 Å². The van der Waals surface area contributed by atoms with Crippen LogP contribution in [-0.2, 0) is 4.79 Å². The minimum atomic E-state index is -0.903. The van der Waals surface area contributed by atoms with E-state index in [2.05, 4.69) is 20.8 Å². The minimum Gasteiger partial charge on any atom is -0.337 e. The molecule has 2 aromatic rings. The Morgan fingerprint density at radius 2 is 1.82 bits per heavy atom. The van der Waals surface area contributed by atoms with Crippen LogP contribution in [-0.4, -0.2) is 56.4 Å². The van der Waals surface area contributed by atoms with Gasteiger partial charge in [-0.15, -0.1) is 5.10 Å². The zero-order valence-electron chi connectivity index (χ0n) is 16.1. The number of urea groups is 1. The number of aromatic nitrogens is 3. The molecule has 4 rings (SSSR count). The van der Waals surface area contributed by atoms with Crippen molar-refractivity contribution in [1.29, 1.82) is 0 Å². The van der Waals surface area contributed by atoms with Gasteiger partial charge in [-0.25, -0.2) is 4.79 Å². The van der Waals surface area contributed by atoms with Crippen molar-refractivity contribution < 1.29 is 14.4 Å². The molecule has 0 radical (unpaired) electrons. The fourth-order valence-electron chi connectivity index (χ4n) is 3.84. The summed E-state index contributed by atoms with van der Waals surface area (Å²) in [5.74, 6) is -0.533. The lowest BCUT2D eigenvalue weighted by molar-refractivity contribution is -0.125. The number of carbonyl (C=O) groups is 3. The Morgan fingerprint density at radius 1 is 1.11 bits per heavy atom. The topological polar surface area (TPSA) is 109 Å². The fourth-order valence-corrected chi connectivity index (χ4v) is 3.84.